The maximum absolute atomic E-state index is 11.8. The molecular formula is C41H60O8. The Hall–Kier alpha value is -3.62. The second-order valence-electron chi connectivity index (χ2n) is 14.6. The highest BCUT2D eigenvalue weighted by Gasteiger charge is 2.32. The normalized spacial score (nSPS) is 15.5. The van der Waals surface area contributed by atoms with E-state index in [-0.39, 0.29) is 36.9 Å². The first-order chi connectivity index (χ1) is 22.8. The monoisotopic (exact) mass is 680 g/mol. The molecule has 2 aromatic carbocycles. The number of rotatable bonds is 20. The molecule has 4 atom stereocenters. The van der Waals surface area contributed by atoms with Crippen molar-refractivity contribution < 1.29 is 38.7 Å². The number of carbonyl (C=O) groups is 2. The van der Waals surface area contributed by atoms with Crippen LogP contribution in [0.4, 0.5) is 0 Å². The van der Waals surface area contributed by atoms with Crippen molar-refractivity contribution in [3.05, 3.63) is 84.0 Å². The third-order valence-electron chi connectivity index (χ3n) is 9.42. The number of aliphatic hydroxyl groups excluding tert-OH is 2. The minimum atomic E-state index is -0.876. The average Bonchev–Trinajstić information content (AvgIpc) is 3.05. The van der Waals surface area contributed by atoms with Crippen LogP contribution in [-0.4, -0.2) is 58.8 Å². The Balaban J connectivity index is 2.32. The van der Waals surface area contributed by atoms with E-state index in [9.17, 15) is 19.8 Å². The van der Waals surface area contributed by atoms with Gasteiger partial charge in [-0.2, -0.15) is 0 Å². The smallest absolute Gasteiger partial charge is 0.330 e. The van der Waals surface area contributed by atoms with E-state index in [1.807, 2.05) is 32.9 Å². The van der Waals surface area contributed by atoms with Gasteiger partial charge in [-0.05, 0) is 72.9 Å². The minimum Gasteiger partial charge on any atom is -0.491 e. The Kier molecular flexibility index (Phi) is 15.1. The zero-order chi connectivity index (χ0) is 37.2. The molecule has 49 heavy (non-hydrogen) atoms. The molecule has 0 aromatic heterocycles. The van der Waals surface area contributed by atoms with Crippen LogP contribution in [0.5, 0.6) is 11.5 Å². The van der Waals surface area contributed by atoms with E-state index in [2.05, 4.69) is 79.0 Å². The SMILES string of the molecule is C=CC(=O)OCC(O)CC(C)(CC)Oc1ccc(C(C)(C)c2ccc(OCC(O)CC(C)(CC)OC(=O)C=C)c(C(C)C)c2)cc1C(C)C. The van der Waals surface area contributed by atoms with Gasteiger partial charge in [0.15, 0.2) is 0 Å². The van der Waals surface area contributed by atoms with Gasteiger partial charge in [0.1, 0.15) is 35.9 Å². The van der Waals surface area contributed by atoms with Crippen molar-refractivity contribution in [2.75, 3.05) is 13.2 Å². The van der Waals surface area contributed by atoms with E-state index in [1.165, 1.54) is 0 Å². The number of hydrogen-bond donors (Lipinski definition) is 2. The minimum absolute atomic E-state index is 0.0661. The number of benzene rings is 2. The molecule has 4 unspecified atom stereocenters. The average molecular weight is 681 g/mol. The lowest BCUT2D eigenvalue weighted by Crippen LogP contribution is -2.38. The van der Waals surface area contributed by atoms with Gasteiger partial charge in [0.2, 0.25) is 0 Å². The molecule has 0 spiro atoms. The van der Waals surface area contributed by atoms with Crippen LogP contribution < -0.4 is 9.47 Å². The second-order valence-corrected chi connectivity index (χ2v) is 14.6. The van der Waals surface area contributed by atoms with Crippen molar-refractivity contribution >= 4 is 11.9 Å². The summed E-state index contributed by atoms with van der Waals surface area (Å²) in [5.41, 5.74) is 2.49. The second kappa shape index (κ2) is 17.9. The van der Waals surface area contributed by atoms with Crippen molar-refractivity contribution in [2.24, 2.45) is 0 Å². The maximum Gasteiger partial charge on any atom is 0.330 e. The number of esters is 2. The molecule has 0 bridgehead atoms. The lowest BCUT2D eigenvalue weighted by Gasteiger charge is -2.34. The van der Waals surface area contributed by atoms with E-state index in [0.29, 0.717) is 25.0 Å². The summed E-state index contributed by atoms with van der Waals surface area (Å²) >= 11 is 0. The van der Waals surface area contributed by atoms with E-state index in [4.69, 9.17) is 18.9 Å². The van der Waals surface area contributed by atoms with E-state index in [1.54, 1.807) is 6.92 Å². The molecule has 2 rings (SSSR count). The van der Waals surface area contributed by atoms with Gasteiger partial charge in [-0.1, -0.05) is 92.8 Å². The van der Waals surface area contributed by atoms with E-state index in [0.717, 1.165) is 40.2 Å². The van der Waals surface area contributed by atoms with Gasteiger partial charge in [-0.15, -0.1) is 0 Å². The summed E-state index contributed by atoms with van der Waals surface area (Å²) in [6, 6.07) is 12.5. The molecule has 0 aliphatic heterocycles. The zero-order valence-electron chi connectivity index (χ0n) is 31.4. The van der Waals surface area contributed by atoms with Crippen molar-refractivity contribution in [1.82, 2.24) is 0 Å². The molecule has 8 nitrogen and oxygen atoms in total. The highest BCUT2D eigenvalue weighted by atomic mass is 16.6. The van der Waals surface area contributed by atoms with Gasteiger partial charge in [-0.25, -0.2) is 9.59 Å². The topological polar surface area (TPSA) is 112 Å². The Morgan fingerprint density at radius 2 is 1.20 bits per heavy atom. The van der Waals surface area contributed by atoms with Gasteiger partial charge < -0.3 is 29.2 Å². The van der Waals surface area contributed by atoms with E-state index >= 15 is 0 Å². The Morgan fingerprint density at radius 3 is 1.69 bits per heavy atom. The third-order valence-corrected chi connectivity index (χ3v) is 9.42. The largest absolute Gasteiger partial charge is 0.491 e. The van der Waals surface area contributed by atoms with Crippen LogP contribution in [0.15, 0.2) is 61.7 Å². The summed E-state index contributed by atoms with van der Waals surface area (Å²) in [6.07, 6.45) is 2.23. The summed E-state index contributed by atoms with van der Waals surface area (Å²) in [7, 11) is 0. The predicted molar refractivity (Wildman–Crippen MR) is 195 cm³/mol. The van der Waals surface area contributed by atoms with Crippen molar-refractivity contribution in [1.29, 1.82) is 0 Å². The molecular weight excluding hydrogens is 620 g/mol. The standard InChI is InChI=1S/C41H60O8/c1-13-37(44)47-26-32(43)23-40(11,15-3)48-36-20-18-30(22-34(36)28(7)8)39(9,10)29-17-19-35(33(21-29)27(5)6)46-25-31(42)24-41(12,16-4)49-38(45)14-2/h13-14,17-22,27-28,31-32,42-43H,1-2,15-16,23-26H2,3-12H3. The molecule has 0 aliphatic rings. The number of hydrogen-bond acceptors (Lipinski definition) is 8. The molecule has 0 radical (unpaired) electrons. The lowest BCUT2D eigenvalue weighted by atomic mass is 9.76. The van der Waals surface area contributed by atoms with Gasteiger partial charge >= 0.3 is 11.9 Å². The molecule has 0 amide bonds. The van der Waals surface area contributed by atoms with Crippen LogP contribution in [0.1, 0.15) is 129 Å². The first kappa shape index (κ1) is 41.6. The maximum atomic E-state index is 11.8. The van der Waals surface area contributed by atoms with Crippen LogP contribution in [0.2, 0.25) is 0 Å². The molecule has 272 valence electrons. The first-order valence-electron chi connectivity index (χ1n) is 17.4. The van der Waals surface area contributed by atoms with E-state index < -0.39 is 35.3 Å². The third kappa shape index (κ3) is 11.7. The van der Waals surface area contributed by atoms with Gasteiger partial charge in [0, 0.05) is 30.4 Å². The Labute approximate surface area is 294 Å². The summed E-state index contributed by atoms with van der Waals surface area (Å²) in [4.78, 5) is 23.3. The quantitative estimate of drug-likeness (QED) is 0.106. The van der Waals surface area contributed by atoms with Gasteiger partial charge in [0.25, 0.3) is 0 Å². The lowest BCUT2D eigenvalue weighted by molar-refractivity contribution is -0.155. The fraction of sp³-hybridized carbons (Fsp3) is 0.561. The molecule has 0 aliphatic carbocycles. The van der Waals surface area contributed by atoms with Crippen molar-refractivity contribution in [3.63, 3.8) is 0 Å². The fourth-order valence-electron chi connectivity index (χ4n) is 5.77. The van der Waals surface area contributed by atoms with Gasteiger partial charge in [0.05, 0.1) is 12.2 Å². The summed E-state index contributed by atoms with van der Waals surface area (Å²) in [5.74, 6) is 0.732. The molecule has 0 fully saturated rings. The molecule has 2 aromatic rings. The highest BCUT2D eigenvalue weighted by Crippen LogP contribution is 2.40. The first-order valence-corrected chi connectivity index (χ1v) is 17.4. The number of aliphatic hydroxyl groups is 2. The van der Waals surface area contributed by atoms with Crippen LogP contribution in [0.25, 0.3) is 0 Å². The van der Waals surface area contributed by atoms with Crippen LogP contribution in [0, 0.1) is 0 Å². The summed E-state index contributed by atoms with van der Waals surface area (Å²) in [6.45, 7) is 27.4. The van der Waals surface area contributed by atoms with Gasteiger partial charge in [-0.3, -0.25) is 0 Å². The van der Waals surface area contributed by atoms with Crippen molar-refractivity contribution in [2.45, 2.75) is 136 Å². The molecule has 8 heteroatoms. The summed E-state index contributed by atoms with van der Waals surface area (Å²) in [5, 5.41) is 21.4. The summed E-state index contributed by atoms with van der Waals surface area (Å²) < 4.78 is 23.3. The molecule has 0 heterocycles. The van der Waals surface area contributed by atoms with Crippen LogP contribution >= 0.6 is 0 Å². The Bertz CT molecular complexity index is 1430. The number of ether oxygens (including phenoxy) is 4. The number of carbonyl (C=O) groups excluding carboxylic acids is 2. The molecule has 0 saturated carbocycles. The zero-order valence-corrected chi connectivity index (χ0v) is 31.4. The van der Waals surface area contributed by atoms with Crippen molar-refractivity contribution in [3.8, 4) is 11.5 Å². The fourth-order valence-corrected chi connectivity index (χ4v) is 5.77. The van der Waals surface area contributed by atoms with Crippen LogP contribution in [0.3, 0.4) is 0 Å². The molecule has 0 saturated heterocycles. The molecule has 2 N–H and O–H groups in total. The highest BCUT2D eigenvalue weighted by molar-refractivity contribution is 5.81. The Morgan fingerprint density at radius 1 is 0.735 bits per heavy atom. The van der Waals surface area contributed by atoms with Crippen LogP contribution in [-0.2, 0) is 24.5 Å². The predicted octanol–water partition coefficient (Wildman–Crippen LogP) is 8.31.